The molecule has 0 fully saturated rings. The molecule has 0 unspecified atom stereocenters. The molecule has 2 N–H and O–H groups in total. The Bertz CT molecular complexity index is 1290. The molecular formula is C25H22ClN5O. The Morgan fingerprint density at radius 3 is 2.59 bits per heavy atom. The topological polar surface area (TPSA) is 69.6 Å². The number of hydrogen-bond acceptors (Lipinski definition) is 5. The van der Waals surface area contributed by atoms with Gasteiger partial charge in [-0.15, -0.1) is 0 Å². The largest absolute Gasteiger partial charge is 0.378 e. The van der Waals surface area contributed by atoms with Crippen molar-refractivity contribution >= 4 is 51.7 Å². The number of aliphatic imine (C=N–C) groups is 1. The number of nitrogens with one attached hydrogen (secondary N) is 2. The molecule has 0 aliphatic carbocycles. The van der Waals surface area contributed by atoms with Crippen molar-refractivity contribution in [3.63, 3.8) is 0 Å². The van der Waals surface area contributed by atoms with Gasteiger partial charge in [0, 0.05) is 42.6 Å². The Labute approximate surface area is 191 Å². The van der Waals surface area contributed by atoms with Crippen molar-refractivity contribution in [1.82, 2.24) is 10.4 Å². The molecule has 1 aromatic heterocycles. The second-order valence-corrected chi connectivity index (χ2v) is 7.80. The van der Waals surface area contributed by atoms with Crippen molar-refractivity contribution in [3.05, 3.63) is 95.1 Å². The number of aromatic nitrogens is 1. The lowest BCUT2D eigenvalue weighted by Crippen LogP contribution is -2.29. The van der Waals surface area contributed by atoms with Gasteiger partial charge < -0.3 is 4.90 Å². The molecule has 160 valence electrons. The average Bonchev–Trinajstić information content (AvgIpc) is 2.81. The summed E-state index contributed by atoms with van der Waals surface area (Å²) in [6.45, 7) is 0. The fourth-order valence-electron chi connectivity index (χ4n) is 3.20. The molecule has 7 heteroatoms. The molecule has 4 aromatic rings. The van der Waals surface area contributed by atoms with Crippen molar-refractivity contribution in [2.24, 2.45) is 4.99 Å². The third-order valence-electron chi connectivity index (χ3n) is 4.93. The van der Waals surface area contributed by atoms with Gasteiger partial charge in [0.25, 0.3) is 5.91 Å². The molecule has 6 nitrogen and oxygen atoms in total. The number of hydrazine groups is 1. The predicted molar refractivity (Wildman–Crippen MR) is 132 cm³/mol. The summed E-state index contributed by atoms with van der Waals surface area (Å²) in [6.07, 6.45) is 3.41. The summed E-state index contributed by atoms with van der Waals surface area (Å²) in [5.74, 6) is -0.292. The highest BCUT2D eigenvalue weighted by atomic mass is 35.5. The van der Waals surface area contributed by atoms with Crippen molar-refractivity contribution in [1.29, 1.82) is 0 Å². The van der Waals surface area contributed by atoms with Gasteiger partial charge in [-0.05, 0) is 54.1 Å². The molecule has 0 aliphatic rings. The van der Waals surface area contributed by atoms with Gasteiger partial charge in [0.1, 0.15) is 0 Å². The minimum atomic E-state index is -0.292. The number of hydrogen-bond donors (Lipinski definition) is 2. The Balaban J connectivity index is 1.50. The van der Waals surface area contributed by atoms with Crippen LogP contribution in [-0.2, 0) is 0 Å². The maximum absolute atomic E-state index is 12.9. The first-order chi connectivity index (χ1) is 15.5. The van der Waals surface area contributed by atoms with Crippen LogP contribution in [0.15, 0.2) is 84.0 Å². The Morgan fingerprint density at radius 1 is 1.03 bits per heavy atom. The van der Waals surface area contributed by atoms with Gasteiger partial charge >= 0.3 is 0 Å². The first kappa shape index (κ1) is 21.3. The molecule has 0 spiro atoms. The summed E-state index contributed by atoms with van der Waals surface area (Å²) in [4.78, 5) is 23.8. The smallest absolute Gasteiger partial charge is 0.271 e. The SMILES string of the molecule is CN(C)c1ccc(C=Nc2ccccc2C(=O)NNc2ccnc3cc(Cl)ccc23)cc1. The van der Waals surface area contributed by atoms with Crippen LogP contribution in [0, 0.1) is 0 Å². The van der Waals surface area contributed by atoms with Crippen LogP contribution in [0.1, 0.15) is 15.9 Å². The van der Waals surface area contributed by atoms with E-state index in [-0.39, 0.29) is 5.91 Å². The summed E-state index contributed by atoms with van der Waals surface area (Å²) in [5, 5.41) is 1.46. The van der Waals surface area contributed by atoms with Crippen molar-refractivity contribution < 1.29 is 4.79 Å². The third kappa shape index (κ3) is 4.87. The molecule has 1 heterocycles. The Hall–Kier alpha value is -3.90. The summed E-state index contributed by atoms with van der Waals surface area (Å²) in [6, 6.07) is 22.5. The summed E-state index contributed by atoms with van der Waals surface area (Å²) >= 11 is 6.05. The highest BCUT2D eigenvalue weighted by Gasteiger charge is 2.11. The van der Waals surface area contributed by atoms with Gasteiger partial charge in [-0.1, -0.05) is 35.9 Å². The fourth-order valence-corrected chi connectivity index (χ4v) is 3.37. The number of para-hydroxylation sites is 1. The van der Waals surface area contributed by atoms with Gasteiger partial charge in [-0.3, -0.25) is 25.6 Å². The number of amides is 1. The lowest BCUT2D eigenvalue weighted by Gasteiger charge is -2.12. The Morgan fingerprint density at radius 2 is 1.81 bits per heavy atom. The molecule has 0 saturated carbocycles. The zero-order valence-corrected chi connectivity index (χ0v) is 18.5. The second kappa shape index (κ2) is 9.49. The van der Waals surface area contributed by atoms with Crippen LogP contribution < -0.4 is 15.8 Å². The lowest BCUT2D eigenvalue weighted by atomic mass is 10.1. The normalized spacial score (nSPS) is 11.0. The first-order valence-electron chi connectivity index (χ1n) is 10.0. The number of benzene rings is 3. The second-order valence-electron chi connectivity index (χ2n) is 7.36. The number of pyridine rings is 1. The Kier molecular flexibility index (Phi) is 6.33. The van der Waals surface area contributed by atoms with E-state index in [9.17, 15) is 4.79 Å². The number of anilines is 2. The van der Waals surface area contributed by atoms with Gasteiger partial charge in [-0.2, -0.15) is 0 Å². The lowest BCUT2D eigenvalue weighted by molar-refractivity contribution is 0.0963. The van der Waals surface area contributed by atoms with Crippen LogP contribution in [0.5, 0.6) is 0 Å². The van der Waals surface area contributed by atoms with E-state index in [1.807, 2.05) is 67.5 Å². The van der Waals surface area contributed by atoms with E-state index in [4.69, 9.17) is 11.6 Å². The number of fused-ring (bicyclic) bond motifs is 1. The zero-order valence-electron chi connectivity index (χ0n) is 17.7. The van der Waals surface area contributed by atoms with E-state index in [0.29, 0.717) is 16.3 Å². The van der Waals surface area contributed by atoms with E-state index in [1.54, 1.807) is 36.7 Å². The molecule has 3 aromatic carbocycles. The minimum absolute atomic E-state index is 0.292. The van der Waals surface area contributed by atoms with Gasteiger partial charge in [-0.25, -0.2) is 0 Å². The highest BCUT2D eigenvalue weighted by molar-refractivity contribution is 6.31. The molecule has 0 bridgehead atoms. The molecule has 32 heavy (non-hydrogen) atoms. The number of rotatable bonds is 6. The van der Waals surface area contributed by atoms with Crippen LogP contribution in [-0.4, -0.2) is 31.2 Å². The van der Waals surface area contributed by atoms with Crippen LogP contribution in [0.2, 0.25) is 5.02 Å². The molecular weight excluding hydrogens is 422 g/mol. The molecule has 1 amide bonds. The molecule has 4 rings (SSSR count). The van der Waals surface area contributed by atoms with Crippen LogP contribution in [0.25, 0.3) is 10.9 Å². The monoisotopic (exact) mass is 443 g/mol. The van der Waals surface area contributed by atoms with Crippen LogP contribution >= 0.6 is 11.6 Å². The van der Waals surface area contributed by atoms with E-state index in [1.165, 1.54) is 0 Å². The first-order valence-corrected chi connectivity index (χ1v) is 10.4. The van der Waals surface area contributed by atoms with Crippen LogP contribution in [0.4, 0.5) is 17.1 Å². The van der Waals surface area contributed by atoms with E-state index >= 15 is 0 Å². The van der Waals surface area contributed by atoms with Crippen molar-refractivity contribution in [3.8, 4) is 0 Å². The van der Waals surface area contributed by atoms with Crippen LogP contribution in [0.3, 0.4) is 0 Å². The summed E-state index contributed by atoms with van der Waals surface area (Å²) in [7, 11) is 3.99. The number of carbonyl (C=O) groups is 1. The number of nitrogens with zero attached hydrogens (tertiary/aromatic N) is 3. The summed E-state index contributed by atoms with van der Waals surface area (Å²) in [5.41, 5.74) is 10.3. The predicted octanol–water partition coefficient (Wildman–Crippen LogP) is 5.46. The van der Waals surface area contributed by atoms with Gasteiger partial charge in [0.2, 0.25) is 0 Å². The highest BCUT2D eigenvalue weighted by Crippen LogP contribution is 2.24. The summed E-state index contributed by atoms with van der Waals surface area (Å²) < 4.78 is 0. The van der Waals surface area contributed by atoms with Gasteiger partial charge in [0.15, 0.2) is 0 Å². The third-order valence-corrected chi connectivity index (χ3v) is 5.16. The van der Waals surface area contributed by atoms with E-state index in [0.717, 1.165) is 27.8 Å². The molecule has 0 aliphatic heterocycles. The minimum Gasteiger partial charge on any atom is -0.378 e. The average molecular weight is 444 g/mol. The number of carbonyl (C=O) groups excluding carboxylic acids is 1. The van der Waals surface area contributed by atoms with Crippen molar-refractivity contribution in [2.45, 2.75) is 0 Å². The maximum atomic E-state index is 12.9. The molecule has 0 radical (unpaired) electrons. The maximum Gasteiger partial charge on any atom is 0.271 e. The van der Waals surface area contributed by atoms with Crippen molar-refractivity contribution in [2.75, 3.05) is 24.4 Å². The van der Waals surface area contributed by atoms with Gasteiger partial charge in [0.05, 0.1) is 22.5 Å². The molecule has 0 saturated heterocycles. The standard InChI is InChI=1S/C25H22ClN5O/c1-31(2)19-10-7-17(8-11-19)16-28-22-6-4-3-5-21(22)25(32)30-29-23-13-14-27-24-15-18(26)9-12-20(23)24/h3-16H,1-2H3,(H,27,29)(H,30,32). The number of halogens is 1. The van der Waals surface area contributed by atoms with E-state index in [2.05, 4.69) is 20.8 Å². The quantitative estimate of drug-likeness (QED) is 0.306. The molecule has 0 atom stereocenters. The zero-order chi connectivity index (χ0) is 22.5. The fraction of sp³-hybridized carbons (Fsp3) is 0.0800. The van der Waals surface area contributed by atoms with E-state index < -0.39 is 0 Å².